The summed E-state index contributed by atoms with van der Waals surface area (Å²) in [5.74, 6) is 2.84. The van der Waals surface area contributed by atoms with Crippen LogP contribution < -0.4 is 5.32 Å². The Morgan fingerprint density at radius 1 is 0.950 bits per heavy atom. The van der Waals surface area contributed by atoms with E-state index in [-0.39, 0.29) is 0 Å². The lowest BCUT2D eigenvalue weighted by atomic mass is 9.75. The van der Waals surface area contributed by atoms with E-state index in [2.05, 4.69) is 31.1 Å². The fourth-order valence-corrected chi connectivity index (χ4v) is 5.39. The molecular formula is C18H34N2. The molecule has 1 heterocycles. The van der Waals surface area contributed by atoms with Crippen LogP contribution in [0.25, 0.3) is 0 Å². The summed E-state index contributed by atoms with van der Waals surface area (Å²) in [6.07, 6.45) is 11.7. The minimum absolute atomic E-state index is 0.740. The standard InChI is InChI=1S/C18H34N2/c1-13(2)15-9-10-16(19-3)18(12-15)20-11-5-7-14-6-4-8-17(14)20/h13-19H,4-12H2,1-3H3. The molecule has 0 aromatic heterocycles. The van der Waals surface area contributed by atoms with E-state index in [0.29, 0.717) is 0 Å². The molecule has 3 rings (SSSR count). The predicted molar refractivity (Wildman–Crippen MR) is 85.9 cm³/mol. The summed E-state index contributed by atoms with van der Waals surface area (Å²) in [6.45, 7) is 6.22. The molecule has 20 heavy (non-hydrogen) atoms. The molecule has 2 saturated carbocycles. The van der Waals surface area contributed by atoms with Gasteiger partial charge in [0.1, 0.15) is 0 Å². The highest BCUT2D eigenvalue weighted by Gasteiger charge is 2.42. The first kappa shape index (κ1) is 14.8. The van der Waals surface area contributed by atoms with Gasteiger partial charge in [0, 0.05) is 18.1 Å². The van der Waals surface area contributed by atoms with Gasteiger partial charge in [0.15, 0.2) is 0 Å². The predicted octanol–water partition coefficient (Wildman–Crippen LogP) is 3.66. The van der Waals surface area contributed by atoms with Crippen LogP contribution in [0.3, 0.4) is 0 Å². The van der Waals surface area contributed by atoms with Gasteiger partial charge >= 0.3 is 0 Å². The van der Waals surface area contributed by atoms with E-state index in [1.807, 2.05) is 0 Å². The van der Waals surface area contributed by atoms with Crippen molar-refractivity contribution in [2.75, 3.05) is 13.6 Å². The third-order valence-corrected chi connectivity index (χ3v) is 6.63. The zero-order chi connectivity index (χ0) is 14.1. The molecule has 3 fully saturated rings. The van der Waals surface area contributed by atoms with Gasteiger partial charge in [-0.15, -0.1) is 0 Å². The number of likely N-dealkylation sites (N-methyl/N-ethyl adjacent to an activating group) is 1. The molecule has 5 unspecified atom stereocenters. The Morgan fingerprint density at radius 3 is 2.50 bits per heavy atom. The maximum atomic E-state index is 3.65. The highest BCUT2D eigenvalue weighted by Crippen LogP contribution is 2.41. The van der Waals surface area contributed by atoms with Crippen LogP contribution >= 0.6 is 0 Å². The summed E-state index contributed by atoms with van der Waals surface area (Å²) in [6, 6.07) is 2.48. The minimum Gasteiger partial charge on any atom is -0.315 e. The third-order valence-electron chi connectivity index (χ3n) is 6.63. The number of nitrogens with zero attached hydrogens (tertiary/aromatic N) is 1. The molecule has 0 bridgehead atoms. The molecule has 5 atom stereocenters. The molecule has 116 valence electrons. The van der Waals surface area contributed by atoms with Crippen molar-refractivity contribution < 1.29 is 0 Å². The fraction of sp³-hybridized carbons (Fsp3) is 1.00. The van der Waals surface area contributed by atoms with Crippen molar-refractivity contribution in [3.63, 3.8) is 0 Å². The molecule has 1 saturated heterocycles. The van der Waals surface area contributed by atoms with Gasteiger partial charge in [-0.3, -0.25) is 4.90 Å². The summed E-state index contributed by atoms with van der Waals surface area (Å²) in [5.41, 5.74) is 0. The van der Waals surface area contributed by atoms with E-state index in [1.165, 1.54) is 57.9 Å². The van der Waals surface area contributed by atoms with Crippen LogP contribution in [-0.4, -0.2) is 36.6 Å². The Morgan fingerprint density at radius 2 is 1.75 bits per heavy atom. The lowest BCUT2D eigenvalue weighted by molar-refractivity contribution is 0.0153. The normalized spacial score (nSPS) is 42.9. The third kappa shape index (κ3) is 2.78. The summed E-state index contributed by atoms with van der Waals surface area (Å²) < 4.78 is 0. The first-order valence-corrected chi connectivity index (χ1v) is 9.13. The van der Waals surface area contributed by atoms with Gasteiger partial charge < -0.3 is 5.32 Å². The number of fused-ring (bicyclic) bond motifs is 1. The van der Waals surface area contributed by atoms with E-state index in [1.54, 1.807) is 0 Å². The first-order valence-electron chi connectivity index (χ1n) is 9.13. The van der Waals surface area contributed by atoms with Crippen molar-refractivity contribution in [1.82, 2.24) is 10.2 Å². The van der Waals surface area contributed by atoms with Gasteiger partial charge in [0.25, 0.3) is 0 Å². The molecule has 3 aliphatic rings. The van der Waals surface area contributed by atoms with Crippen molar-refractivity contribution in [2.24, 2.45) is 17.8 Å². The van der Waals surface area contributed by atoms with Crippen molar-refractivity contribution in [3.8, 4) is 0 Å². The maximum absolute atomic E-state index is 3.65. The lowest BCUT2D eigenvalue weighted by Gasteiger charge is -2.49. The molecule has 0 aromatic rings. The topological polar surface area (TPSA) is 15.3 Å². The smallest absolute Gasteiger partial charge is 0.0255 e. The minimum atomic E-state index is 0.740. The largest absolute Gasteiger partial charge is 0.315 e. The molecule has 0 amide bonds. The van der Waals surface area contributed by atoms with Crippen LogP contribution in [-0.2, 0) is 0 Å². The van der Waals surface area contributed by atoms with Crippen molar-refractivity contribution >= 4 is 0 Å². The zero-order valence-electron chi connectivity index (χ0n) is 13.8. The second kappa shape index (κ2) is 6.36. The van der Waals surface area contributed by atoms with Crippen molar-refractivity contribution in [2.45, 2.75) is 83.3 Å². The van der Waals surface area contributed by atoms with E-state index in [9.17, 15) is 0 Å². The Kier molecular flexibility index (Phi) is 4.72. The molecule has 0 radical (unpaired) electrons. The van der Waals surface area contributed by atoms with E-state index in [4.69, 9.17) is 0 Å². The molecule has 0 spiro atoms. The van der Waals surface area contributed by atoms with Crippen molar-refractivity contribution in [1.29, 1.82) is 0 Å². The van der Waals surface area contributed by atoms with E-state index < -0.39 is 0 Å². The van der Waals surface area contributed by atoms with Crippen LogP contribution in [0.2, 0.25) is 0 Å². The molecule has 2 aliphatic carbocycles. The second-order valence-corrected chi connectivity index (χ2v) is 7.92. The summed E-state index contributed by atoms with van der Waals surface area (Å²) in [4.78, 5) is 2.96. The number of likely N-dealkylation sites (tertiary alicyclic amines) is 1. The van der Waals surface area contributed by atoms with Crippen LogP contribution in [0.1, 0.15) is 65.2 Å². The van der Waals surface area contributed by atoms with Crippen LogP contribution in [0.5, 0.6) is 0 Å². The average Bonchev–Trinajstić information content (AvgIpc) is 2.94. The summed E-state index contributed by atoms with van der Waals surface area (Å²) in [5, 5.41) is 3.65. The zero-order valence-corrected chi connectivity index (χ0v) is 13.8. The summed E-state index contributed by atoms with van der Waals surface area (Å²) in [7, 11) is 2.18. The second-order valence-electron chi connectivity index (χ2n) is 7.92. The molecule has 2 nitrogen and oxygen atoms in total. The highest BCUT2D eigenvalue weighted by molar-refractivity contribution is 4.98. The van der Waals surface area contributed by atoms with E-state index >= 15 is 0 Å². The fourth-order valence-electron chi connectivity index (χ4n) is 5.39. The van der Waals surface area contributed by atoms with Crippen LogP contribution in [0.4, 0.5) is 0 Å². The van der Waals surface area contributed by atoms with Gasteiger partial charge in [-0.1, -0.05) is 20.3 Å². The lowest BCUT2D eigenvalue weighted by Crippen LogP contribution is -2.58. The number of piperidine rings is 1. The Labute approximate surface area is 125 Å². The van der Waals surface area contributed by atoms with Crippen LogP contribution in [0, 0.1) is 17.8 Å². The van der Waals surface area contributed by atoms with Gasteiger partial charge in [-0.05, 0) is 76.3 Å². The number of hydrogen-bond acceptors (Lipinski definition) is 2. The Hall–Kier alpha value is -0.0800. The van der Waals surface area contributed by atoms with Crippen LogP contribution in [0.15, 0.2) is 0 Å². The Bertz CT molecular complexity index is 315. The van der Waals surface area contributed by atoms with Gasteiger partial charge in [-0.25, -0.2) is 0 Å². The average molecular weight is 278 g/mol. The number of rotatable bonds is 3. The molecule has 0 aromatic carbocycles. The number of hydrogen-bond donors (Lipinski definition) is 1. The Balaban J connectivity index is 1.74. The quantitative estimate of drug-likeness (QED) is 0.847. The highest BCUT2D eigenvalue weighted by atomic mass is 15.2. The van der Waals surface area contributed by atoms with Crippen molar-refractivity contribution in [3.05, 3.63) is 0 Å². The monoisotopic (exact) mass is 278 g/mol. The summed E-state index contributed by atoms with van der Waals surface area (Å²) >= 11 is 0. The molecule has 1 aliphatic heterocycles. The first-order chi connectivity index (χ1) is 9.70. The van der Waals surface area contributed by atoms with Gasteiger partial charge in [0.05, 0.1) is 0 Å². The molecular weight excluding hydrogens is 244 g/mol. The molecule has 1 N–H and O–H groups in total. The van der Waals surface area contributed by atoms with E-state index in [0.717, 1.165) is 35.9 Å². The number of nitrogens with one attached hydrogen (secondary N) is 1. The SMILES string of the molecule is CNC1CCC(C(C)C)CC1N1CCCC2CCCC21. The van der Waals surface area contributed by atoms with Gasteiger partial charge in [-0.2, -0.15) is 0 Å². The maximum Gasteiger partial charge on any atom is 0.0255 e. The molecule has 2 heteroatoms. The van der Waals surface area contributed by atoms with Gasteiger partial charge in [0.2, 0.25) is 0 Å².